The zero-order chi connectivity index (χ0) is 35.1. The van der Waals surface area contributed by atoms with Gasteiger partial charge in [-0.3, -0.25) is 29.6 Å². The summed E-state index contributed by atoms with van der Waals surface area (Å²) in [5.74, 6) is -3.72. The van der Waals surface area contributed by atoms with Crippen molar-refractivity contribution in [1.29, 1.82) is 0 Å². The first-order chi connectivity index (χ1) is 22.6. The lowest BCUT2D eigenvalue weighted by molar-refractivity contribution is -0.492. The number of halogens is 1. The number of aryl methyl sites for hydroxylation is 1. The lowest BCUT2D eigenvalue weighted by Crippen LogP contribution is -2.69. The molecule has 6 N–H and O–H groups in total. The van der Waals surface area contributed by atoms with Crippen LogP contribution in [0.25, 0.3) is 0 Å². The highest BCUT2D eigenvalue weighted by Gasteiger charge is 2.76. The SMILES string of the molecule is C[C@]12C=CC(=O)C=C1CC[C@H]1[C@@H]3C[C@@H](O)[C@](O)(C(=O)COC(=O)CNC(=O)Oc4cccc(CCCON(O)O)c4)[C@@]3(C)C[C@H](O)[C@@]12F. The average molecular weight is 677 g/mol. The molecular formula is C33H41FN2O12. The Labute approximate surface area is 275 Å². The minimum Gasteiger partial charge on any atom is -0.456 e. The molecule has 3 saturated carbocycles. The van der Waals surface area contributed by atoms with Crippen molar-refractivity contribution in [3.8, 4) is 5.75 Å². The van der Waals surface area contributed by atoms with Gasteiger partial charge in [-0.25, -0.2) is 9.18 Å². The molecule has 0 radical (unpaired) electrons. The number of benzene rings is 1. The molecule has 8 atom stereocenters. The number of aliphatic hydroxyl groups excluding tert-OH is 2. The van der Waals surface area contributed by atoms with E-state index in [2.05, 4.69) is 10.2 Å². The van der Waals surface area contributed by atoms with Gasteiger partial charge in [-0.1, -0.05) is 30.7 Å². The molecule has 3 fully saturated rings. The van der Waals surface area contributed by atoms with E-state index in [1.54, 1.807) is 25.1 Å². The molecule has 0 aromatic heterocycles. The number of Topliss-reactive ketones (excluding diaryl/α,β-unsaturated/α-hetero) is 1. The van der Waals surface area contributed by atoms with E-state index >= 15 is 4.39 Å². The lowest BCUT2D eigenvalue weighted by atomic mass is 9.44. The van der Waals surface area contributed by atoms with Crippen LogP contribution in [0.4, 0.5) is 9.18 Å². The highest BCUT2D eigenvalue weighted by molar-refractivity contribution is 6.01. The van der Waals surface area contributed by atoms with Crippen molar-refractivity contribution in [2.75, 3.05) is 19.8 Å². The van der Waals surface area contributed by atoms with Crippen molar-refractivity contribution in [2.24, 2.45) is 22.7 Å². The molecule has 4 aliphatic carbocycles. The topological polar surface area (TPSA) is 212 Å². The quantitative estimate of drug-likeness (QED) is 0.112. The maximum Gasteiger partial charge on any atom is 0.413 e. The summed E-state index contributed by atoms with van der Waals surface area (Å²) in [6.45, 7) is 1.56. The van der Waals surface area contributed by atoms with Crippen molar-refractivity contribution in [3.63, 3.8) is 0 Å². The van der Waals surface area contributed by atoms with Crippen LogP contribution in [0.5, 0.6) is 5.75 Å². The van der Waals surface area contributed by atoms with Gasteiger partial charge in [-0.15, -0.1) is 0 Å². The third-order valence-electron chi connectivity index (χ3n) is 11.0. The first kappa shape index (κ1) is 35.7. The lowest BCUT2D eigenvalue weighted by Gasteiger charge is -2.62. The molecule has 15 heteroatoms. The summed E-state index contributed by atoms with van der Waals surface area (Å²) < 4.78 is 27.5. The highest BCUT2D eigenvalue weighted by atomic mass is 19.1. The first-order valence-corrected chi connectivity index (χ1v) is 15.8. The summed E-state index contributed by atoms with van der Waals surface area (Å²) in [7, 11) is 0. The maximum atomic E-state index is 17.3. The van der Waals surface area contributed by atoms with Gasteiger partial charge >= 0.3 is 12.1 Å². The molecule has 0 saturated heterocycles. The van der Waals surface area contributed by atoms with E-state index in [9.17, 15) is 34.5 Å². The van der Waals surface area contributed by atoms with Crippen LogP contribution in [0.15, 0.2) is 48.1 Å². The number of ether oxygens (including phenoxy) is 2. The van der Waals surface area contributed by atoms with Gasteiger partial charge in [-0.2, -0.15) is 0 Å². The predicted octanol–water partition coefficient (Wildman–Crippen LogP) is 1.90. The number of esters is 1. The minimum atomic E-state index is -2.46. The molecule has 0 bridgehead atoms. The fourth-order valence-corrected chi connectivity index (χ4v) is 8.51. The average Bonchev–Trinajstić information content (AvgIpc) is 3.23. The molecule has 262 valence electrons. The molecule has 0 aliphatic heterocycles. The number of allylic oxidation sites excluding steroid dienone is 4. The van der Waals surface area contributed by atoms with Crippen molar-refractivity contribution >= 4 is 23.6 Å². The van der Waals surface area contributed by atoms with Gasteiger partial charge in [0.05, 0.1) is 24.2 Å². The van der Waals surface area contributed by atoms with Gasteiger partial charge < -0.3 is 30.1 Å². The number of carbonyl (C=O) groups excluding carboxylic acids is 4. The van der Waals surface area contributed by atoms with Crippen LogP contribution in [-0.4, -0.2) is 98.0 Å². The Kier molecular flexibility index (Phi) is 9.96. The van der Waals surface area contributed by atoms with Crippen LogP contribution in [0.1, 0.15) is 51.5 Å². The van der Waals surface area contributed by atoms with Gasteiger partial charge in [0, 0.05) is 16.7 Å². The second kappa shape index (κ2) is 13.4. The maximum absolute atomic E-state index is 17.3. The number of alkyl halides is 1. The van der Waals surface area contributed by atoms with E-state index in [1.165, 1.54) is 31.2 Å². The number of nitrogens with zero attached hydrogens (tertiary/aromatic N) is 1. The molecule has 0 spiro atoms. The Morgan fingerprint density at radius 1 is 1.12 bits per heavy atom. The van der Waals surface area contributed by atoms with E-state index in [1.807, 2.05) is 0 Å². The van der Waals surface area contributed by atoms with Crippen molar-refractivity contribution in [3.05, 3.63) is 53.6 Å². The largest absolute Gasteiger partial charge is 0.456 e. The van der Waals surface area contributed by atoms with Gasteiger partial charge in [-0.05, 0) is 81.2 Å². The Hall–Kier alpha value is -3.57. The summed E-state index contributed by atoms with van der Waals surface area (Å²) in [4.78, 5) is 54.7. The molecule has 14 nitrogen and oxygen atoms in total. The fraction of sp³-hybridized carbons (Fsp3) is 0.576. The van der Waals surface area contributed by atoms with Crippen LogP contribution in [0, 0.1) is 22.7 Å². The van der Waals surface area contributed by atoms with Crippen LogP contribution < -0.4 is 10.1 Å². The number of carbonyl (C=O) groups is 4. The highest BCUT2D eigenvalue weighted by Crippen LogP contribution is 2.69. The van der Waals surface area contributed by atoms with Gasteiger partial charge in [0.25, 0.3) is 0 Å². The summed E-state index contributed by atoms with van der Waals surface area (Å²) >= 11 is 0. The molecule has 0 unspecified atom stereocenters. The molecule has 1 aromatic carbocycles. The smallest absolute Gasteiger partial charge is 0.413 e. The van der Waals surface area contributed by atoms with Crippen LogP contribution >= 0.6 is 0 Å². The van der Waals surface area contributed by atoms with E-state index in [4.69, 9.17) is 19.9 Å². The van der Waals surface area contributed by atoms with Gasteiger partial charge in [0.2, 0.25) is 5.78 Å². The van der Waals surface area contributed by atoms with E-state index in [0.29, 0.717) is 24.8 Å². The minimum absolute atomic E-state index is 0.0279. The standard InChI is InChI=1S/C33H41FN2O12/c1-30-11-10-21(37)14-20(30)8-9-23-24-15-25(38)33(43,31(24,2)16-26(39)32(23,30)34)27(40)18-46-28(41)17-35-29(42)48-22-7-3-5-19(13-22)6-4-12-47-36(44)45/h3,5,7,10-11,13-14,23-26,38-39,43-45H,4,6,8-9,12,15-18H2,1-2H3,(H,35,42)/t23-,24-,25+,26-,30-,31-,32-,33-/m0/s1. The zero-order valence-electron chi connectivity index (χ0n) is 26.6. The van der Waals surface area contributed by atoms with Crippen LogP contribution in [-0.2, 0) is 30.4 Å². The number of hydrogen-bond acceptors (Lipinski definition) is 13. The summed E-state index contributed by atoms with van der Waals surface area (Å²) in [5.41, 5.74) is -6.11. The third-order valence-corrected chi connectivity index (χ3v) is 11.0. The molecular weight excluding hydrogens is 635 g/mol. The Morgan fingerprint density at radius 2 is 1.88 bits per heavy atom. The van der Waals surface area contributed by atoms with E-state index in [0.717, 1.165) is 5.56 Å². The Bertz CT molecular complexity index is 1520. The second-order valence-electron chi connectivity index (χ2n) is 13.4. The van der Waals surface area contributed by atoms with Crippen molar-refractivity contribution in [2.45, 2.75) is 75.9 Å². The summed E-state index contributed by atoms with van der Waals surface area (Å²) in [5, 5.41) is 53.2. The zero-order valence-corrected chi connectivity index (χ0v) is 26.6. The number of aliphatic hydroxyl groups is 3. The third kappa shape index (κ3) is 6.08. The van der Waals surface area contributed by atoms with E-state index in [-0.39, 0.29) is 42.8 Å². The van der Waals surface area contributed by atoms with Gasteiger partial charge in [0.1, 0.15) is 12.3 Å². The number of hydrogen-bond donors (Lipinski definition) is 6. The molecule has 1 amide bonds. The number of amides is 1. The van der Waals surface area contributed by atoms with Gasteiger partial charge in [0.15, 0.2) is 23.7 Å². The molecule has 1 aromatic rings. The normalized spacial score (nSPS) is 35.3. The molecule has 5 rings (SSSR count). The Balaban J connectivity index is 1.17. The van der Waals surface area contributed by atoms with Crippen molar-refractivity contribution < 1.29 is 63.6 Å². The second-order valence-corrected chi connectivity index (χ2v) is 13.4. The molecule has 4 aliphatic rings. The number of fused-ring (bicyclic) bond motifs is 5. The predicted molar refractivity (Wildman–Crippen MR) is 161 cm³/mol. The molecule has 48 heavy (non-hydrogen) atoms. The first-order valence-electron chi connectivity index (χ1n) is 15.8. The Morgan fingerprint density at radius 3 is 2.60 bits per heavy atom. The number of nitrogens with one attached hydrogen (secondary N) is 1. The number of ketones is 2. The fourth-order valence-electron chi connectivity index (χ4n) is 8.51. The van der Waals surface area contributed by atoms with Crippen molar-refractivity contribution in [1.82, 2.24) is 10.7 Å². The summed E-state index contributed by atoms with van der Waals surface area (Å²) in [6.07, 6.45) is 0.912. The molecule has 0 heterocycles. The van der Waals surface area contributed by atoms with Crippen LogP contribution in [0.3, 0.4) is 0 Å². The van der Waals surface area contributed by atoms with Crippen LogP contribution in [0.2, 0.25) is 0 Å². The number of rotatable bonds is 11. The monoisotopic (exact) mass is 676 g/mol. The summed E-state index contributed by atoms with van der Waals surface area (Å²) in [6, 6.07) is 6.47. The van der Waals surface area contributed by atoms with E-state index < -0.39 is 77.1 Å².